The summed E-state index contributed by atoms with van der Waals surface area (Å²) in [5, 5.41) is 5.22. The average Bonchev–Trinajstić information content (AvgIpc) is 2.33. The largest absolute Gasteiger partial charge is 0.338 e. The van der Waals surface area contributed by atoms with Gasteiger partial charge in [-0.25, -0.2) is 9.00 Å². The van der Waals surface area contributed by atoms with E-state index >= 15 is 0 Å². The quantitative estimate of drug-likeness (QED) is 0.828. The van der Waals surface area contributed by atoms with E-state index in [1.54, 1.807) is 0 Å². The van der Waals surface area contributed by atoms with Crippen LogP contribution in [0.2, 0.25) is 0 Å². The van der Waals surface area contributed by atoms with Gasteiger partial charge in [0.1, 0.15) is 6.54 Å². The molecule has 0 radical (unpaired) electrons. The topological polar surface area (TPSA) is 87.6 Å². The Bertz CT molecular complexity index is 490. The summed E-state index contributed by atoms with van der Waals surface area (Å²) in [4.78, 5) is 22.9. The summed E-state index contributed by atoms with van der Waals surface area (Å²) in [5.74, 6) is -0.0613. The lowest BCUT2D eigenvalue weighted by Gasteiger charge is -2.34. The maximum atomic E-state index is 11.6. The van der Waals surface area contributed by atoms with Crippen molar-refractivity contribution in [2.75, 3.05) is 25.6 Å². The van der Waals surface area contributed by atoms with Crippen LogP contribution >= 0.6 is 0 Å². The Hall–Kier alpha value is -1.11. The van der Waals surface area contributed by atoms with Crippen LogP contribution in [-0.4, -0.2) is 41.7 Å². The van der Waals surface area contributed by atoms with E-state index in [0.29, 0.717) is 17.9 Å². The number of urea groups is 1. The second-order valence-corrected chi connectivity index (χ2v) is 9.38. The van der Waals surface area contributed by atoms with E-state index in [4.69, 9.17) is 0 Å². The van der Waals surface area contributed by atoms with Gasteiger partial charge in [0.05, 0.1) is 0 Å². The first-order chi connectivity index (χ1) is 9.57. The molecule has 1 aliphatic carbocycles. The van der Waals surface area contributed by atoms with Crippen molar-refractivity contribution < 1.29 is 13.8 Å². The molecule has 1 rings (SSSR count). The van der Waals surface area contributed by atoms with Crippen LogP contribution in [0.25, 0.3) is 0 Å². The number of carbonyl (C=O) groups is 2. The molecule has 0 atom stereocenters. The predicted octanol–water partition coefficient (Wildman–Crippen LogP) is 1.76. The predicted molar refractivity (Wildman–Crippen MR) is 84.6 cm³/mol. The van der Waals surface area contributed by atoms with Crippen molar-refractivity contribution in [3.05, 3.63) is 0 Å². The van der Waals surface area contributed by atoms with Crippen molar-refractivity contribution >= 4 is 21.7 Å². The highest BCUT2D eigenvalue weighted by atomic mass is 32.2. The fourth-order valence-corrected chi connectivity index (χ4v) is 2.95. The van der Waals surface area contributed by atoms with Crippen LogP contribution in [0.4, 0.5) is 4.79 Å². The molecule has 0 heterocycles. The van der Waals surface area contributed by atoms with Gasteiger partial charge >= 0.3 is 6.03 Å². The molecule has 0 aromatic rings. The molecule has 0 aromatic carbocycles. The number of carbonyl (C=O) groups excluding carboxylic acids is 2. The summed E-state index contributed by atoms with van der Waals surface area (Å²) in [7, 11) is -2.46. The van der Waals surface area contributed by atoms with Gasteiger partial charge in [0.25, 0.3) is 5.91 Å². The second-order valence-electron chi connectivity index (χ2n) is 6.84. The van der Waals surface area contributed by atoms with E-state index in [1.807, 2.05) is 0 Å². The molecular formula is C14H27N3O3S. The first-order valence-electron chi connectivity index (χ1n) is 7.29. The third-order valence-electron chi connectivity index (χ3n) is 3.73. The molecule has 7 heteroatoms. The lowest BCUT2D eigenvalue weighted by atomic mass is 9.73. The van der Waals surface area contributed by atoms with Crippen molar-refractivity contribution in [2.45, 2.75) is 39.5 Å². The maximum Gasteiger partial charge on any atom is 0.315 e. The second kappa shape index (κ2) is 7.24. The van der Waals surface area contributed by atoms with Crippen LogP contribution in [0.5, 0.6) is 0 Å². The fourth-order valence-electron chi connectivity index (χ4n) is 2.40. The molecule has 0 saturated heterocycles. The Morgan fingerprint density at radius 3 is 2.29 bits per heavy atom. The molecule has 0 unspecified atom stereocenters. The van der Waals surface area contributed by atoms with Gasteiger partial charge in [-0.1, -0.05) is 13.8 Å². The van der Waals surface area contributed by atoms with Crippen LogP contribution < -0.4 is 10.6 Å². The summed E-state index contributed by atoms with van der Waals surface area (Å²) < 4.78 is 14.8. The zero-order valence-corrected chi connectivity index (χ0v) is 14.2. The molecule has 0 spiro atoms. The van der Waals surface area contributed by atoms with Crippen molar-refractivity contribution in [2.24, 2.45) is 15.7 Å². The third-order valence-corrected chi connectivity index (χ3v) is 4.38. The highest BCUT2D eigenvalue weighted by molar-refractivity contribution is 7.92. The number of nitrogens with zero attached hydrogens (tertiary/aromatic N) is 1. The molecular weight excluding hydrogens is 290 g/mol. The van der Waals surface area contributed by atoms with Gasteiger partial charge in [-0.05, 0) is 37.0 Å². The molecule has 1 fully saturated rings. The maximum absolute atomic E-state index is 11.6. The van der Waals surface area contributed by atoms with Crippen LogP contribution in [0, 0.1) is 11.3 Å². The number of rotatable bonds is 4. The minimum absolute atomic E-state index is 0.220. The minimum Gasteiger partial charge on any atom is -0.338 e. The van der Waals surface area contributed by atoms with Gasteiger partial charge in [-0.3, -0.25) is 4.79 Å². The minimum atomic E-state index is -2.46. The Morgan fingerprint density at radius 2 is 1.76 bits per heavy atom. The van der Waals surface area contributed by atoms with Crippen molar-refractivity contribution in [1.29, 1.82) is 0 Å². The van der Waals surface area contributed by atoms with Crippen LogP contribution in [-0.2, 0) is 14.5 Å². The third kappa shape index (κ3) is 8.04. The standard InChI is InChI=1S/C14H27N3O3S/c1-14(2)7-5-11(6-8-14)9-15-13(19)16-10-12(18)17-21(3,4)20/h11H,5-10H2,1-4H3,(H2,15,16,19). The van der Waals surface area contributed by atoms with Gasteiger partial charge in [-0.2, -0.15) is 4.36 Å². The first-order valence-corrected chi connectivity index (χ1v) is 9.62. The first kappa shape index (κ1) is 17.9. The molecule has 0 aliphatic heterocycles. The van der Waals surface area contributed by atoms with Crippen LogP contribution in [0.3, 0.4) is 0 Å². The lowest BCUT2D eigenvalue weighted by Crippen LogP contribution is -2.41. The highest BCUT2D eigenvalue weighted by Crippen LogP contribution is 2.37. The zero-order chi connectivity index (χ0) is 16.1. The van der Waals surface area contributed by atoms with Gasteiger partial charge < -0.3 is 10.6 Å². The van der Waals surface area contributed by atoms with Crippen molar-refractivity contribution in [3.8, 4) is 0 Å². The molecule has 3 amide bonds. The van der Waals surface area contributed by atoms with E-state index < -0.39 is 15.6 Å². The number of amides is 3. The summed E-state index contributed by atoms with van der Waals surface area (Å²) >= 11 is 0. The fraction of sp³-hybridized carbons (Fsp3) is 0.857. The van der Waals surface area contributed by atoms with Gasteiger partial charge in [0, 0.05) is 28.8 Å². The van der Waals surface area contributed by atoms with Gasteiger partial charge in [-0.15, -0.1) is 0 Å². The number of hydrogen-bond donors (Lipinski definition) is 2. The lowest BCUT2D eigenvalue weighted by molar-refractivity contribution is -0.116. The van der Waals surface area contributed by atoms with E-state index in [-0.39, 0.29) is 12.6 Å². The molecule has 0 bridgehead atoms. The Kier molecular flexibility index (Phi) is 6.19. The Balaban J connectivity index is 2.24. The monoisotopic (exact) mass is 317 g/mol. The number of hydrogen-bond acceptors (Lipinski definition) is 3. The van der Waals surface area contributed by atoms with Crippen molar-refractivity contribution in [3.63, 3.8) is 0 Å². The SMILES string of the molecule is CC1(C)CCC(CNC(=O)NCC(=O)N=S(C)(C)=O)CC1. The number of nitrogens with one attached hydrogen (secondary N) is 2. The van der Waals surface area contributed by atoms with Crippen molar-refractivity contribution in [1.82, 2.24) is 10.6 Å². The molecule has 21 heavy (non-hydrogen) atoms. The highest BCUT2D eigenvalue weighted by Gasteiger charge is 2.26. The molecule has 122 valence electrons. The van der Waals surface area contributed by atoms with E-state index in [1.165, 1.54) is 25.4 Å². The Morgan fingerprint density at radius 1 is 1.19 bits per heavy atom. The summed E-state index contributed by atoms with van der Waals surface area (Å²) in [5.41, 5.74) is 0.417. The smallest absolute Gasteiger partial charge is 0.315 e. The average molecular weight is 317 g/mol. The normalized spacial score (nSPS) is 18.9. The molecule has 6 nitrogen and oxygen atoms in total. The molecule has 1 saturated carbocycles. The van der Waals surface area contributed by atoms with Gasteiger partial charge in [0.15, 0.2) is 0 Å². The van der Waals surface area contributed by atoms with E-state index in [0.717, 1.165) is 12.8 Å². The van der Waals surface area contributed by atoms with E-state index in [2.05, 4.69) is 28.8 Å². The van der Waals surface area contributed by atoms with Crippen LogP contribution in [0.15, 0.2) is 4.36 Å². The molecule has 0 aromatic heterocycles. The van der Waals surface area contributed by atoms with Crippen LogP contribution in [0.1, 0.15) is 39.5 Å². The van der Waals surface area contributed by atoms with Gasteiger partial charge in [0.2, 0.25) is 0 Å². The molecule has 1 aliphatic rings. The summed E-state index contributed by atoms with van der Waals surface area (Å²) in [6.07, 6.45) is 7.37. The summed E-state index contributed by atoms with van der Waals surface area (Å²) in [6.45, 7) is 4.96. The summed E-state index contributed by atoms with van der Waals surface area (Å²) in [6, 6.07) is -0.373. The van der Waals surface area contributed by atoms with E-state index in [9.17, 15) is 13.8 Å². The Labute approximate surface area is 127 Å². The molecule has 2 N–H and O–H groups in total. The zero-order valence-electron chi connectivity index (χ0n) is 13.4.